The van der Waals surface area contributed by atoms with Gasteiger partial charge in [-0.25, -0.2) is 9.29 Å². The first kappa shape index (κ1) is 21.5. The highest BCUT2D eigenvalue weighted by molar-refractivity contribution is 6.45. The highest BCUT2D eigenvalue weighted by Gasteiger charge is 2.43. The second-order valence-corrected chi connectivity index (χ2v) is 8.69. The molecule has 2 heterocycles. The molecule has 0 radical (unpaired) electrons. The molecular weight excluding hydrogens is 417 g/mol. The molecule has 0 saturated carbocycles. The van der Waals surface area contributed by atoms with Crippen LogP contribution in [0, 0.1) is 12.7 Å². The predicted octanol–water partition coefficient (Wildman–Crippen LogP) is 4.10. The molecule has 7 heteroatoms. The highest BCUT2D eigenvalue weighted by Crippen LogP contribution is 2.38. The van der Waals surface area contributed by atoms with E-state index in [1.807, 2.05) is 18.9 Å². The van der Waals surface area contributed by atoms with E-state index in [0.29, 0.717) is 27.5 Å². The minimum atomic E-state index is -0.420. The zero-order valence-electron chi connectivity index (χ0n) is 17.9. The first-order valence-corrected chi connectivity index (χ1v) is 10.7. The molecule has 0 bridgehead atoms. The van der Waals surface area contributed by atoms with Gasteiger partial charge in [0.2, 0.25) is 0 Å². The van der Waals surface area contributed by atoms with Gasteiger partial charge >= 0.3 is 0 Å². The van der Waals surface area contributed by atoms with Crippen molar-refractivity contribution in [2.45, 2.75) is 25.8 Å². The Morgan fingerprint density at radius 2 is 1.68 bits per heavy atom. The fourth-order valence-electron chi connectivity index (χ4n) is 4.33. The van der Waals surface area contributed by atoms with E-state index >= 15 is 0 Å². The lowest BCUT2D eigenvalue weighted by Crippen LogP contribution is -2.43. The lowest BCUT2D eigenvalue weighted by Gasteiger charge is -2.36. The Labute approximate surface area is 186 Å². The van der Waals surface area contributed by atoms with Crippen molar-refractivity contribution in [1.29, 1.82) is 0 Å². The molecule has 1 saturated heterocycles. The quantitative estimate of drug-likeness (QED) is 0.670. The molecule has 2 amide bonds. The number of carbonyl (C=O) groups excluding carboxylic acids is 2. The van der Waals surface area contributed by atoms with Crippen molar-refractivity contribution in [2.24, 2.45) is 0 Å². The van der Waals surface area contributed by atoms with Crippen LogP contribution in [0.4, 0.5) is 10.1 Å². The molecule has 2 aliphatic rings. The largest absolute Gasteiger partial charge is 0.366 e. The second-order valence-electron chi connectivity index (χ2n) is 8.25. The number of hydrogen-bond donors (Lipinski definition) is 0. The lowest BCUT2D eigenvalue weighted by molar-refractivity contribution is -0.120. The molecule has 5 nitrogen and oxygen atoms in total. The van der Waals surface area contributed by atoms with Crippen LogP contribution in [-0.4, -0.2) is 54.8 Å². The smallest absolute Gasteiger partial charge is 0.282 e. The Kier molecular flexibility index (Phi) is 5.86. The maximum Gasteiger partial charge on any atom is 0.282 e. The number of likely N-dealkylation sites (N-methyl/N-ethyl adjacent to an activating group) is 1. The summed E-state index contributed by atoms with van der Waals surface area (Å²) in [6.07, 6.45) is 1.79. The van der Waals surface area contributed by atoms with Gasteiger partial charge in [0, 0.05) is 18.1 Å². The molecule has 162 valence electrons. The van der Waals surface area contributed by atoms with Gasteiger partial charge in [0.05, 0.1) is 11.3 Å². The van der Waals surface area contributed by atoms with Crippen LogP contribution in [-0.2, 0) is 9.59 Å². The van der Waals surface area contributed by atoms with Crippen LogP contribution in [0.1, 0.15) is 24.0 Å². The average Bonchev–Trinajstić information content (AvgIpc) is 3.00. The van der Waals surface area contributed by atoms with Gasteiger partial charge in [0.15, 0.2) is 0 Å². The third-order valence-electron chi connectivity index (χ3n) is 6.19. The molecule has 2 aromatic rings. The Morgan fingerprint density at radius 1 is 1.03 bits per heavy atom. The number of anilines is 1. The molecule has 0 aromatic heterocycles. The number of nitrogens with zero attached hydrogens (tertiary/aromatic N) is 3. The van der Waals surface area contributed by atoms with Gasteiger partial charge in [-0.15, -0.1) is 0 Å². The number of halogens is 2. The van der Waals surface area contributed by atoms with Gasteiger partial charge in [0.25, 0.3) is 11.8 Å². The van der Waals surface area contributed by atoms with Gasteiger partial charge in [0.1, 0.15) is 11.5 Å². The van der Waals surface area contributed by atoms with Crippen LogP contribution in [0.15, 0.2) is 48.2 Å². The number of imide groups is 1. The standard InChI is InChI=1S/C24H25ClFN3O2/c1-15-4-7-17(25)14-20(15)29-23(30)21(16-5-8-18(26)9-6-16)22(24(29)31)28(3)19-10-12-27(2)13-11-19/h4-9,14,19H,10-13H2,1-3H3. The average molecular weight is 442 g/mol. The Bertz CT molecular complexity index is 1060. The van der Waals surface area contributed by atoms with Crippen molar-refractivity contribution >= 4 is 34.7 Å². The SMILES string of the molecule is Cc1ccc(Cl)cc1N1C(=O)C(c2ccc(F)cc2)=C(N(C)C2CCN(C)CC2)C1=O. The van der Waals surface area contributed by atoms with Crippen LogP contribution >= 0.6 is 11.6 Å². The third-order valence-corrected chi connectivity index (χ3v) is 6.43. The zero-order valence-corrected chi connectivity index (χ0v) is 18.6. The summed E-state index contributed by atoms with van der Waals surface area (Å²) >= 11 is 6.18. The molecule has 0 unspecified atom stereocenters. The maximum absolute atomic E-state index is 13.7. The van der Waals surface area contributed by atoms with Crippen LogP contribution in [0.5, 0.6) is 0 Å². The number of carbonyl (C=O) groups is 2. The van der Waals surface area contributed by atoms with Gasteiger partial charge in [-0.3, -0.25) is 9.59 Å². The minimum absolute atomic E-state index is 0.138. The summed E-state index contributed by atoms with van der Waals surface area (Å²) in [6.45, 7) is 3.68. The topological polar surface area (TPSA) is 43.9 Å². The summed E-state index contributed by atoms with van der Waals surface area (Å²) in [7, 11) is 3.95. The predicted molar refractivity (Wildman–Crippen MR) is 120 cm³/mol. The monoisotopic (exact) mass is 441 g/mol. The van der Waals surface area contributed by atoms with Crippen LogP contribution in [0.2, 0.25) is 5.02 Å². The molecule has 0 atom stereocenters. The number of piperidine rings is 1. The van der Waals surface area contributed by atoms with Crippen molar-refractivity contribution in [3.8, 4) is 0 Å². The van der Waals surface area contributed by atoms with E-state index in [0.717, 1.165) is 31.5 Å². The van der Waals surface area contributed by atoms with E-state index in [4.69, 9.17) is 11.6 Å². The zero-order chi connectivity index (χ0) is 22.3. The van der Waals surface area contributed by atoms with Gasteiger partial charge in [-0.1, -0.05) is 29.8 Å². The van der Waals surface area contributed by atoms with E-state index in [1.165, 1.54) is 17.0 Å². The Hall–Kier alpha value is -2.70. The normalized spacial score (nSPS) is 18.3. The van der Waals surface area contributed by atoms with Gasteiger partial charge < -0.3 is 9.80 Å². The van der Waals surface area contributed by atoms with Crippen molar-refractivity contribution in [3.63, 3.8) is 0 Å². The van der Waals surface area contributed by atoms with Crippen LogP contribution in [0.3, 0.4) is 0 Å². The summed E-state index contributed by atoms with van der Waals surface area (Å²) in [4.78, 5) is 32.6. The first-order chi connectivity index (χ1) is 14.8. The molecule has 0 N–H and O–H groups in total. The van der Waals surface area contributed by atoms with E-state index in [1.54, 1.807) is 30.3 Å². The number of hydrogen-bond acceptors (Lipinski definition) is 4. The van der Waals surface area contributed by atoms with Crippen LogP contribution < -0.4 is 4.90 Å². The van der Waals surface area contributed by atoms with Crippen molar-refractivity contribution in [3.05, 3.63) is 70.1 Å². The number of aryl methyl sites for hydroxylation is 1. The summed E-state index contributed by atoms with van der Waals surface area (Å²) in [6, 6.07) is 11.0. The van der Waals surface area contributed by atoms with Gasteiger partial charge in [-0.05, 0) is 75.3 Å². The summed E-state index contributed by atoms with van der Waals surface area (Å²) in [5, 5.41) is 0.446. The van der Waals surface area contributed by atoms with Gasteiger partial charge in [-0.2, -0.15) is 0 Å². The number of amides is 2. The molecule has 31 heavy (non-hydrogen) atoms. The number of likely N-dealkylation sites (tertiary alicyclic amines) is 1. The molecule has 2 aliphatic heterocycles. The molecule has 2 aromatic carbocycles. The molecule has 0 aliphatic carbocycles. The summed E-state index contributed by atoms with van der Waals surface area (Å²) < 4.78 is 13.6. The van der Waals surface area contributed by atoms with Crippen molar-refractivity contribution in [2.75, 3.05) is 32.1 Å². The number of benzene rings is 2. The molecule has 0 spiro atoms. The van der Waals surface area contributed by atoms with E-state index in [2.05, 4.69) is 11.9 Å². The minimum Gasteiger partial charge on any atom is -0.366 e. The summed E-state index contributed by atoms with van der Waals surface area (Å²) in [5.74, 6) is -1.19. The second kappa shape index (κ2) is 8.44. The van der Waals surface area contributed by atoms with Crippen molar-refractivity contribution in [1.82, 2.24) is 9.80 Å². The first-order valence-electron chi connectivity index (χ1n) is 10.3. The Balaban J connectivity index is 1.81. The van der Waals surface area contributed by atoms with E-state index < -0.39 is 11.7 Å². The molecule has 1 fully saturated rings. The lowest BCUT2D eigenvalue weighted by atomic mass is 10.00. The molecule has 4 rings (SSSR count). The van der Waals surface area contributed by atoms with E-state index in [-0.39, 0.29) is 11.9 Å². The van der Waals surface area contributed by atoms with Crippen LogP contribution in [0.25, 0.3) is 5.57 Å². The fourth-order valence-corrected chi connectivity index (χ4v) is 4.50. The fraction of sp³-hybridized carbons (Fsp3) is 0.333. The number of rotatable bonds is 4. The summed E-state index contributed by atoms with van der Waals surface area (Å²) in [5.41, 5.74) is 2.41. The maximum atomic E-state index is 13.7. The van der Waals surface area contributed by atoms with Crippen molar-refractivity contribution < 1.29 is 14.0 Å². The Morgan fingerprint density at radius 3 is 2.32 bits per heavy atom. The molecular formula is C24H25ClFN3O2. The third kappa shape index (κ3) is 3.98. The highest BCUT2D eigenvalue weighted by atomic mass is 35.5. The van der Waals surface area contributed by atoms with E-state index in [9.17, 15) is 14.0 Å².